The van der Waals surface area contributed by atoms with Gasteiger partial charge in [-0.05, 0) is 26.2 Å². The maximum atomic E-state index is 5.52. The fraction of sp³-hybridized carbons (Fsp3) is 0.944. The summed E-state index contributed by atoms with van der Waals surface area (Å²) in [5.74, 6) is 2.93. The predicted molar refractivity (Wildman–Crippen MR) is 121 cm³/mol. The predicted octanol–water partition coefficient (Wildman–Crippen LogP) is 2.75. The van der Waals surface area contributed by atoms with Gasteiger partial charge in [-0.25, -0.2) is 0 Å². The van der Waals surface area contributed by atoms with Gasteiger partial charge in [0.1, 0.15) is 0 Å². The Kier molecular flexibility index (Phi) is 10.4. The Morgan fingerprint density at radius 3 is 2.48 bits per heavy atom. The van der Waals surface area contributed by atoms with Crippen LogP contribution in [-0.4, -0.2) is 85.3 Å². The average molecular weight is 484 g/mol. The molecule has 2 aliphatic rings. The molecule has 1 unspecified atom stereocenters. The molecular formula is C18H37IN4OS. The van der Waals surface area contributed by atoms with Gasteiger partial charge in [0.15, 0.2) is 5.96 Å². The van der Waals surface area contributed by atoms with Crippen molar-refractivity contribution in [3.05, 3.63) is 0 Å². The SMILES string of the molecule is CN=C(NCC(CC(C)C)N1CCOCC1)N1CCSC(C)(C)C1.I. The molecule has 0 spiro atoms. The summed E-state index contributed by atoms with van der Waals surface area (Å²) in [4.78, 5) is 9.55. The minimum Gasteiger partial charge on any atom is -0.379 e. The van der Waals surface area contributed by atoms with Gasteiger partial charge < -0.3 is 15.0 Å². The quantitative estimate of drug-likeness (QED) is 0.369. The lowest BCUT2D eigenvalue weighted by Crippen LogP contribution is -2.54. The second-order valence-corrected chi connectivity index (χ2v) is 9.69. The minimum absolute atomic E-state index is 0. The van der Waals surface area contributed by atoms with E-state index in [0.29, 0.717) is 16.7 Å². The molecule has 0 bridgehead atoms. The lowest BCUT2D eigenvalue weighted by Gasteiger charge is -2.40. The number of aliphatic imine (C=N–C) groups is 1. The van der Waals surface area contributed by atoms with Crippen LogP contribution in [-0.2, 0) is 4.74 Å². The summed E-state index contributed by atoms with van der Waals surface area (Å²) >= 11 is 2.06. The molecule has 7 heteroatoms. The molecule has 2 aliphatic heterocycles. The van der Waals surface area contributed by atoms with Crippen LogP contribution in [0.15, 0.2) is 4.99 Å². The van der Waals surface area contributed by atoms with E-state index in [9.17, 15) is 0 Å². The van der Waals surface area contributed by atoms with E-state index in [4.69, 9.17) is 4.74 Å². The molecule has 0 aromatic carbocycles. The molecule has 1 atom stereocenters. The number of morpholine rings is 1. The summed E-state index contributed by atoms with van der Waals surface area (Å²) in [6, 6.07) is 0.554. The van der Waals surface area contributed by atoms with Crippen molar-refractivity contribution in [2.24, 2.45) is 10.9 Å². The monoisotopic (exact) mass is 484 g/mol. The Hall–Kier alpha value is 0.270. The Morgan fingerprint density at radius 2 is 1.92 bits per heavy atom. The Balaban J connectivity index is 0.00000312. The number of thioether (sulfide) groups is 1. The molecule has 0 aromatic heterocycles. The number of hydrogen-bond donors (Lipinski definition) is 1. The molecule has 0 aromatic rings. The lowest BCUT2D eigenvalue weighted by molar-refractivity contribution is 0.0131. The van der Waals surface area contributed by atoms with Gasteiger partial charge in [-0.1, -0.05) is 13.8 Å². The Morgan fingerprint density at radius 1 is 1.24 bits per heavy atom. The van der Waals surface area contributed by atoms with Crippen LogP contribution in [0.2, 0.25) is 0 Å². The van der Waals surface area contributed by atoms with E-state index in [0.717, 1.165) is 51.9 Å². The third-order valence-electron chi connectivity index (χ3n) is 4.74. The summed E-state index contributed by atoms with van der Waals surface area (Å²) in [5.41, 5.74) is 0. The van der Waals surface area contributed by atoms with Crippen molar-refractivity contribution in [3.63, 3.8) is 0 Å². The first-order valence-electron chi connectivity index (χ1n) is 9.32. The highest BCUT2D eigenvalue weighted by Gasteiger charge is 2.29. The highest BCUT2D eigenvalue weighted by molar-refractivity contribution is 14.0. The zero-order chi connectivity index (χ0) is 17.6. The Bertz CT molecular complexity index is 414. The van der Waals surface area contributed by atoms with Gasteiger partial charge in [0.2, 0.25) is 0 Å². The summed E-state index contributed by atoms with van der Waals surface area (Å²) in [7, 11) is 1.91. The zero-order valence-electron chi connectivity index (χ0n) is 16.6. The molecular weight excluding hydrogens is 447 g/mol. The number of rotatable bonds is 5. The van der Waals surface area contributed by atoms with Crippen molar-refractivity contribution < 1.29 is 4.74 Å². The Labute approximate surface area is 175 Å². The van der Waals surface area contributed by atoms with Crippen LogP contribution in [0.4, 0.5) is 0 Å². The lowest BCUT2D eigenvalue weighted by atomic mass is 10.0. The van der Waals surface area contributed by atoms with E-state index < -0.39 is 0 Å². The second-order valence-electron chi connectivity index (χ2n) is 7.89. The van der Waals surface area contributed by atoms with E-state index >= 15 is 0 Å². The maximum absolute atomic E-state index is 5.52. The number of hydrogen-bond acceptors (Lipinski definition) is 4. The zero-order valence-corrected chi connectivity index (χ0v) is 19.7. The van der Waals surface area contributed by atoms with E-state index in [-0.39, 0.29) is 24.0 Å². The van der Waals surface area contributed by atoms with E-state index in [2.05, 4.69) is 59.6 Å². The number of halogens is 1. The first-order valence-corrected chi connectivity index (χ1v) is 10.3. The molecule has 2 fully saturated rings. The number of guanidine groups is 1. The van der Waals surface area contributed by atoms with Crippen molar-refractivity contribution in [2.45, 2.75) is 44.9 Å². The molecule has 5 nitrogen and oxygen atoms in total. The molecule has 1 N–H and O–H groups in total. The van der Waals surface area contributed by atoms with Gasteiger partial charge in [0.05, 0.1) is 13.2 Å². The van der Waals surface area contributed by atoms with E-state index in [1.165, 1.54) is 12.2 Å². The third-order valence-corrected chi connectivity index (χ3v) is 6.04. The molecule has 25 heavy (non-hydrogen) atoms. The summed E-state index contributed by atoms with van der Waals surface area (Å²) in [6.07, 6.45) is 1.21. The number of nitrogens with one attached hydrogen (secondary N) is 1. The van der Waals surface area contributed by atoms with Crippen LogP contribution in [0.1, 0.15) is 34.1 Å². The van der Waals surface area contributed by atoms with Crippen LogP contribution in [0.5, 0.6) is 0 Å². The summed E-state index contributed by atoms with van der Waals surface area (Å²) in [5, 5.41) is 3.66. The van der Waals surface area contributed by atoms with Crippen LogP contribution in [0.3, 0.4) is 0 Å². The van der Waals surface area contributed by atoms with E-state index in [1.54, 1.807) is 0 Å². The molecule has 0 saturated carbocycles. The fourth-order valence-corrected chi connectivity index (χ4v) is 4.70. The maximum Gasteiger partial charge on any atom is 0.193 e. The highest BCUT2D eigenvalue weighted by atomic mass is 127. The van der Waals surface area contributed by atoms with Gasteiger partial charge in [-0.3, -0.25) is 9.89 Å². The van der Waals surface area contributed by atoms with Crippen molar-refractivity contribution in [1.29, 1.82) is 0 Å². The van der Waals surface area contributed by atoms with Crippen molar-refractivity contribution in [2.75, 3.05) is 58.7 Å². The van der Waals surface area contributed by atoms with Crippen molar-refractivity contribution in [3.8, 4) is 0 Å². The normalized spacial score (nSPS) is 23.3. The first-order chi connectivity index (χ1) is 11.4. The van der Waals surface area contributed by atoms with Crippen LogP contribution in [0, 0.1) is 5.92 Å². The standard InChI is InChI=1S/C18H36N4OS.HI/c1-15(2)12-16(21-6-9-23-10-7-21)13-20-17(19-5)22-8-11-24-18(3,4)14-22;/h15-16H,6-14H2,1-5H3,(H,19,20);1H. The first kappa shape index (κ1) is 23.3. The highest BCUT2D eigenvalue weighted by Crippen LogP contribution is 2.29. The summed E-state index contributed by atoms with van der Waals surface area (Å²) in [6.45, 7) is 16.2. The minimum atomic E-state index is 0. The largest absolute Gasteiger partial charge is 0.379 e. The molecule has 0 aliphatic carbocycles. The van der Waals surface area contributed by atoms with Gasteiger partial charge >= 0.3 is 0 Å². The molecule has 0 amide bonds. The molecule has 2 rings (SSSR count). The number of ether oxygens (including phenoxy) is 1. The van der Waals surface area contributed by atoms with Gasteiger partial charge in [0, 0.05) is 56.3 Å². The van der Waals surface area contributed by atoms with Crippen LogP contribution in [0.25, 0.3) is 0 Å². The average Bonchev–Trinajstić information content (AvgIpc) is 2.54. The van der Waals surface area contributed by atoms with Crippen LogP contribution >= 0.6 is 35.7 Å². The molecule has 148 valence electrons. The smallest absolute Gasteiger partial charge is 0.193 e. The van der Waals surface area contributed by atoms with Crippen molar-refractivity contribution >= 4 is 41.7 Å². The topological polar surface area (TPSA) is 40.1 Å². The van der Waals surface area contributed by atoms with Gasteiger partial charge in [0.25, 0.3) is 0 Å². The molecule has 2 heterocycles. The van der Waals surface area contributed by atoms with Gasteiger partial charge in [-0.2, -0.15) is 11.8 Å². The fourth-order valence-electron chi connectivity index (χ4n) is 3.59. The van der Waals surface area contributed by atoms with Crippen LogP contribution < -0.4 is 5.32 Å². The van der Waals surface area contributed by atoms with Gasteiger partial charge in [-0.15, -0.1) is 24.0 Å². The summed E-state index contributed by atoms with van der Waals surface area (Å²) < 4.78 is 5.83. The number of nitrogens with zero attached hydrogens (tertiary/aromatic N) is 3. The second kappa shape index (κ2) is 11.2. The van der Waals surface area contributed by atoms with E-state index in [1.807, 2.05) is 7.05 Å². The van der Waals surface area contributed by atoms with Crippen molar-refractivity contribution in [1.82, 2.24) is 15.1 Å². The molecule has 2 saturated heterocycles. The third kappa shape index (κ3) is 7.81. The molecule has 0 radical (unpaired) electrons.